The lowest BCUT2D eigenvalue weighted by molar-refractivity contribution is -0.120. The molecule has 1 nitrogen and oxygen atoms in total. The summed E-state index contributed by atoms with van der Waals surface area (Å²) in [5, 5.41) is 0. The van der Waals surface area contributed by atoms with Crippen LogP contribution in [0.4, 0.5) is 0 Å². The van der Waals surface area contributed by atoms with Gasteiger partial charge in [-0.25, -0.2) is 0 Å². The highest BCUT2D eigenvalue weighted by Gasteiger charge is 2.13. The van der Waals surface area contributed by atoms with Crippen molar-refractivity contribution in [3.05, 3.63) is 60.2 Å². The average Bonchev–Trinajstić information content (AvgIpc) is 2.48. The lowest BCUT2D eigenvalue weighted by Gasteiger charge is -2.11. The van der Waals surface area contributed by atoms with E-state index in [0.717, 1.165) is 12.0 Å². The van der Waals surface area contributed by atoms with Gasteiger partial charge in [0.25, 0.3) is 0 Å². The van der Waals surface area contributed by atoms with Gasteiger partial charge < -0.3 is 0 Å². The van der Waals surface area contributed by atoms with E-state index in [-0.39, 0.29) is 5.92 Å². The van der Waals surface area contributed by atoms with E-state index in [9.17, 15) is 4.79 Å². The minimum Gasteiger partial charge on any atom is -0.299 e. The molecule has 2 rings (SSSR count). The maximum atomic E-state index is 11.9. The summed E-state index contributed by atoms with van der Waals surface area (Å²) in [7, 11) is 0. The van der Waals surface area contributed by atoms with Crippen molar-refractivity contribution in [1.29, 1.82) is 0 Å². The van der Waals surface area contributed by atoms with Gasteiger partial charge in [-0.15, -0.1) is 0 Å². The van der Waals surface area contributed by atoms with Crippen molar-refractivity contribution in [3.63, 3.8) is 0 Å². The first-order valence-electron chi connectivity index (χ1n) is 6.90. The Kier molecular flexibility index (Phi) is 4.51. The SMILES string of the molecule is CCCC(=O)C(C)c1ccc(-c2ccccc2)cc1. The van der Waals surface area contributed by atoms with Gasteiger partial charge in [0.15, 0.2) is 0 Å². The minimum atomic E-state index is 0.00442. The predicted molar refractivity (Wildman–Crippen MR) is 80.2 cm³/mol. The molecule has 0 aliphatic rings. The van der Waals surface area contributed by atoms with Crippen molar-refractivity contribution in [2.45, 2.75) is 32.6 Å². The average molecular weight is 252 g/mol. The molecule has 2 aromatic carbocycles. The van der Waals surface area contributed by atoms with Crippen LogP contribution in [0, 0.1) is 0 Å². The Hall–Kier alpha value is -1.89. The Balaban J connectivity index is 2.17. The lowest BCUT2D eigenvalue weighted by atomic mass is 9.92. The van der Waals surface area contributed by atoms with Crippen LogP contribution in [0.2, 0.25) is 0 Å². The lowest BCUT2D eigenvalue weighted by Crippen LogP contribution is -2.08. The summed E-state index contributed by atoms with van der Waals surface area (Å²) >= 11 is 0. The van der Waals surface area contributed by atoms with Gasteiger partial charge in [0.05, 0.1) is 0 Å². The van der Waals surface area contributed by atoms with E-state index >= 15 is 0 Å². The minimum absolute atomic E-state index is 0.00442. The summed E-state index contributed by atoms with van der Waals surface area (Å²) < 4.78 is 0. The van der Waals surface area contributed by atoms with Crippen molar-refractivity contribution >= 4 is 5.78 Å². The van der Waals surface area contributed by atoms with Crippen molar-refractivity contribution in [1.82, 2.24) is 0 Å². The zero-order valence-electron chi connectivity index (χ0n) is 11.6. The Morgan fingerprint density at radius 3 is 2.11 bits per heavy atom. The number of carbonyl (C=O) groups excluding carboxylic acids is 1. The van der Waals surface area contributed by atoms with Gasteiger partial charge in [-0.2, -0.15) is 0 Å². The second kappa shape index (κ2) is 6.33. The van der Waals surface area contributed by atoms with Crippen LogP contribution < -0.4 is 0 Å². The van der Waals surface area contributed by atoms with Crippen molar-refractivity contribution < 1.29 is 4.79 Å². The zero-order valence-corrected chi connectivity index (χ0v) is 11.6. The van der Waals surface area contributed by atoms with Crippen LogP contribution in [0.5, 0.6) is 0 Å². The number of ketones is 1. The molecule has 2 aromatic rings. The number of hydrogen-bond donors (Lipinski definition) is 0. The topological polar surface area (TPSA) is 17.1 Å². The molecule has 98 valence electrons. The van der Waals surface area contributed by atoms with Crippen LogP contribution in [0.3, 0.4) is 0 Å². The third-order valence-electron chi connectivity index (χ3n) is 3.50. The van der Waals surface area contributed by atoms with Crippen LogP contribution in [-0.4, -0.2) is 5.78 Å². The highest BCUT2D eigenvalue weighted by atomic mass is 16.1. The van der Waals surface area contributed by atoms with Gasteiger partial charge in [0.1, 0.15) is 5.78 Å². The summed E-state index contributed by atoms with van der Waals surface area (Å²) in [4.78, 5) is 11.9. The van der Waals surface area contributed by atoms with Crippen LogP contribution >= 0.6 is 0 Å². The van der Waals surface area contributed by atoms with Gasteiger partial charge in [-0.05, 0) is 23.1 Å². The molecule has 0 saturated carbocycles. The molecular formula is C18H20O. The van der Waals surface area contributed by atoms with Gasteiger partial charge in [-0.1, -0.05) is 68.4 Å². The van der Waals surface area contributed by atoms with Crippen LogP contribution in [0.15, 0.2) is 54.6 Å². The number of rotatable bonds is 5. The van der Waals surface area contributed by atoms with Crippen molar-refractivity contribution in [2.24, 2.45) is 0 Å². The molecule has 0 radical (unpaired) electrons. The molecule has 0 fully saturated rings. The predicted octanol–water partition coefficient (Wildman–Crippen LogP) is 4.83. The second-order valence-electron chi connectivity index (χ2n) is 4.93. The molecule has 0 N–H and O–H groups in total. The molecule has 0 bridgehead atoms. The molecule has 1 atom stereocenters. The molecule has 0 heterocycles. The Morgan fingerprint density at radius 2 is 1.53 bits per heavy atom. The standard InChI is InChI=1S/C18H20O/c1-3-7-18(19)14(2)15-10-12-17(13-11-15)16-8-5-4-6-9-16/h4-6,8-14H,3,7H2,1-2H3. The molecule has 0 spiro atoms. The van der Waals surface area contributed by atoms with Gasteiger partial charge in [0.2, 0.25) is 0 Å². The number of hydrogen-bond acceptors (Lipinski definition) is 1. The van der Waals surface area contributed by atoms with Gasteiger partial charge >= 0.3 is 0 Å². The van der Waals surface area contributed by atoms with Crippen molar-refractivity contribution in [3.8, 4) is 11.1 Å². The second-order valence-corrected chi connectivity index (χ2v) is 4.93. The zero-order chi connectivity index (χ0) is 13.7. The third-order valence-corrected chi connectivity index (χ3v) is 3.50. The third kappa shape index (κ3) is 3.31. The van der Waals surface area contributed by atoms with E-state index in [0.29, 0.717) is 12.2 Å². The maximum absolute atomic E-state index is 11.9. The van der Waals surface area contributed by atoms with Gasteiger partial charge in [0, 0.05) is 12.3 Å². The fourth-order valence-corrected chi connectivity index (χ4v) is 2.24. The molecule has 0 saturated heterocycles. The summed E-state index contributed by atoms with van der Waals surface area (Å²) in [5.74, 6) is 0.333. The van der Waals surface area contributed by atoms with Crippen LogP contribution in [-0.2, 0) is 4.79 Å². The van der Waals surface area contributed by atoms with E-state index in [1.54, 1.807) is 0 Å². The molecule has 0 aliphatic heterocycles. The Morgan fingerprint density at radius 1 is 0.947 bits per heavy atom. The smallest absolute Gasteiger partial charge is 0.140 e. The first-order chi connectivity index (χ1) is 9.22. The van der Waals surface area contributed by atoms with Gasteiger partial charge in [-0.3, -0.25) is 4.79 Å². The molecule has 1 unspecified atom stereocenters. The molecule has 0 aromatic heterocycles. The Labute approximate surface area is 115 Å². The highest BCUT2D eigenvalue weighted by Crippen LogP contribution is 2.23. The fourth-order valence-electron chi connectivity index (χ4n) is 2.24. The first-order valence-corrected chi connectivity index (χ1v) is 6.90. The highest BCUT2D eigenvalue weighted by molar-refractivity contribution is 5.85. The number of carbonyl (C=O) groups is 1. The summed E-state index contributed by atoms with van der Waals surface area (Å²) in [5.41, 5.74) is 3.51. The largest absolute Gasteiger partial charge is 0.299 e. The fraction of sp³-hybridized carbons (Fsp3) is 0.278. The molecule has 19 heavy (non-hydrogen) atoms. The summed E-state index contributed by atoms with van der Waals surface area (Å²) in [6.07, 6.45) is 1.59. The van der Waals surface area contributed by atoms with E-state index in [2.05, 4.69) is 36.4 Å². The Bertz CT molecular complexity index is 525. The first kappa shape index (κ1) is 13.5. The van der Waals surface area contributed by atoms with Crippen molar-refractivity contribution in [2.75, 3.05) is 0 Å². The quantitative estimate of drug-likeness (QED) is 0.745. The number of benzene rings is 2. The maximum Gasteiger partial charge on any atom is 0.140 e. The normalized spacial score (nSPS) is 12.1. The van der Waals surface area contributed by atoms with Crippen LogP contribution in [0.25, 0.3) is 11.1 Å². The van der Waals surface area contributed by atoms with Crippen LogP contribution in [0.1, 0.15) is 38.2 Å². The van der Waals surface area contributed by atoms with E-state index in [1.807, 2.05) is 32.0 Å². The summed E-state index contributed by atoms with van der Waals surface area (Å²) in [6.45, 7) is 4.04. The van der Waals surface area contributed by atoms with E-state index in [4.69, 9.17) is 0 Å². The molecular weight excluding hydrogens is 232 g/mol. The monoisotopic (exact) mass is 252 g/mol. The molecule has 0 amide bonds. The number of Topliss-reactive ketones (excluding diaryl/α,β-unsaturated/α-hetero) is 1. The summed E-state index contributed by atoms with van der Waals surface area (Å²) in [6, 6.07) is 18.6. The molecule has 1 heteroatoms. The van der Waals surface area contributed by atoms with E-state index in [1.165, 1.54) is 11.1 Å². The van der Waals surface area contributed by atoms with E-state index < -0.39 is 0 Å². The molecule has 0 aliphatic carbocycles.